The molecular formula is C15H26OSi. The Hall–Kier alpha value is -0.503. The summed E-state index contributed by atoms with van der Waals surface area (Å²) in [6.45, 7) is 11.6. The van der Waals surface area contributed by atoms with Crippen LogP contribution < -0.4 is 0 Å². The molecule has 0 heterocycles. The van der Waals surface area contributed by atoms with Crippen molar-refractivity contribution in [2.75, 3.05) is 0 Å². The van der Waals surface area contributed by atoms with Crippen LogP contribution in [0.5, 0.6) is 0 Å². The fourth-order valence-corrected chi connectivity index (χ4v) is 3.58. The van der Waals surface area contributed by atoms with E-state index in [0.29, 0.717) is 11.0 Å². The number of hydrogen-bond acceptors (Lipinski definition) is 1. The molecule has 0 aromatic rings. The highest BCUT2D eigenvalue weighted by molar-refractivity contribution is 6.74. The summed E-state index contributed by atoms with van der Waals surface area (Å²) < 4.78 is 6.51. The summed E-state index contributed by atoms with van der Waals surface area (Å²) in [7, 11) is -1.65. The van der Waals surface area contributed by atoms with E-state index >= 15 is 0 Å². The molecule has 0 saturated heterocycles. The SMILES string of the molecule is CC(C)(C)[Si](C)(C)OC1=CCC[C@H]2CC=C[C@@H]12. The van der Waals surface area contributed by atoms with Gasteiger partial charge in [0.25, 0.3) is 0 Å². The van der Waals surface area contributed by atoms with E-state index < -0.39 is 8.32 Å². The van der Waals surface area contributed by atoms with Crippen LogP contribution in [-0.2, 0) is 4.43 Å². The minimum absolute atomic E-state index is 0.295. The van der Waals surface area contributed by atoms with Crippen LogP contribution in [0, 0.1) is 11.8 Å². The Morgan fingerprint density at radius 2 is 2.00 bits per heavy atom. The molecule has 0 aromatic carbocycles. The third-order valence-corrected chi connectivity index (χ3v) is 9.04. The first-order valence-electron chi connectivity index (χ1n) is 6.87. The van der Waals surface area contributed by atoms with E-state index in [1.54, 1.807) is 0 Å². The van der Waals surface area contributed by atoms with E-state index in [0.717, 1.165) is 5.92 Å². The Labute approximate surface area is 107 Å². The van der Waals surface area contributed by atoms with Crippen molar-refractivity contribution in [2.24, 2.45) is 11.8 Å². The van der Waals surface area contributed by atoms with Gasteiger partial charge in [0.15, 0.2) is 0 Å². The van der Waals surface area contributed by atoms with Gasteiger partial charge in [-0.2, -0.15) is 0 Å². The molecule has 0 fully saturated rings. The zero-order valence-electron chi connectivity index (χ0n) is 11.9. The molecule has 0 radical (unpaired) electrons. The Morgan fingerprint density at radius 1 is 1.29 bits per heavy atom. The number of rotatable bonds is 2. The molecule has 0 spiro atoms. The fourth-order valence-electron chi connectivity index (χ4n) is 2.46. The second kappa shape index (κ2) is 4.31. The molecule has 0 saturated carbocycles. The van der Waals surface area contributed by atoms with E-state index in [9.17, 15) is 0 Å². The maximum Gasteiger partial charge on any atom is 0.250 e. The zero-order valence-corrected chi connectivity index (χ0v) is 12.9. The highest BCUT2D eigenvalue weighted by atomic mass is 28.4. The van der Waals surface area contributed by atoms with Crippen LogP contribution in [0.1, 0.15) is 40.0 Å². The van der Waals surface area contributed by atoms with Gasteiger partial charge < -0.3 is 4.43 Å². The molecule has 0 aromatic heterocycles. The van der Waals surface area contributed by atoms with Gasteiger partial charge in [-0.15, -0.1) is 0 Å². The van der Waals surface area contributed by atoms with Gasteiger partial charge in [-0.1, -0.05) is 32.9 Å². The predicted octanol–water partition coefficient (Wildman–Crippen LogP) is 4.88. The van der Waals surface area contributed by atoms with Crippen LogP contribution in [-0.4, -0.2) is 8.32 Å². The lowest BCUT2D eigenvalue weighted by atomic mass is 9.85. The molecule has 96 valence electrons. The minimum atomic E-state index is -1.65. The molecule has 2 aliphatic rings. The molecule has 0 N–H and O–H groups in total. The van der Waals surface area contributed by atoms with E-state index in [-0.39, 0.29) is 0 Å². The van der Waals surface area contributed by atoms with Crippen molar-refractivity contribution in [3.05, 3.63) is 24.0 Å². The van der Waals surface area contributed by atoms with Crippen LogP contribution >= 0.6 is 0 Å². The van der Waals surface area contributed by atoms with Gasteiger partial charge in [0.1, 0.15) is 0 Å². The van der Waals surface area contributed by atoms with Crippen molar-refractivity contribution in [3.8, 4) is 0 Å². The van der Waals surface area contributed by atoms with Crippen LogP contribution in [0.25, 0.3) is 0 Å². The van der Waals surface area contributed by atoms with Crippen molar-refractivity contribution < 1.29 is 4.43 Å². The lowest BCUT2D eigenvalue weighted by Crippen LogP contribution is -2.41. The molecule has 2 atom stereocenters. The molecule has 2 rings (SSSR count). The van der Waals surface area contributed by atoms with E-state index in [2.05, 4.69) is 52.1 Å². The van der Waals surface area contributed by atoms with Gasteiger partial charge in [-0.05, 0) is 49.4 Å². The van der Waals surface area contributed by atoms with Crippen LogP contribution in [0.3, 0.4) is 0 Å². The summed E-state index contributed by atoms with van der Waals surface area (Å²) in [4.78, 5) is 0. The second-order valence-electron chi connectivity index (χ2n) is 7.00. The Balaban J connectivity index is 2.13. The maximum absolute atomic E-state index is 6.51. The number of hydrogen-bond donors (Lipinski definition) is 0. The molecule has 17 heavy (non-hydrogen) atoms. The van der Waals surface area contributed by atoms with E-state index in [1.807, 2.05) is 0 Å². The van der Waals surface area contributed by atoms with Crippen molar-refractivity contribution in [2.45, 2.75) is 58.2 Å². The summed E-state index contributed by atoms with van der Waals surface area (Å²) >= 11 is 0. The van der Waals surface area contributed by atoms with Gasteiger partial charge in [0.2, 0.25) is 8.32 Å². The highest BCUT2D eigenvalue weighted by Gasteiger charge is 2.41. The monoisotopic (exact) mass is 250 g/mol. The standard InChI is InChI=1S/C15H26OSi/c1-15(2,3)17(4,5)16-14-11-7-9-12-8-6-10-13(12)14/h6,10-13H,7-9H2,1-5H3/t12-,13-/m1/s1. The summed E-state index contributed by atoms with van der Waals surface area (Å²) in [6, 6.07) is 0. The van der Waals surface area contributed by atoms with Crippen LogP contribution in [0.4, 0.5) is 0 Å². The third kappa shape index (κ3) is 2.52. The fraction of sp³-hybridized carbons (Fsp3) is 0.733. The zero-order chi connectivity index (χ0) is 12.7. The summed E-state index contributed by atoms with van der Waals surface area (Å²) in [5.41, 5.74) is 0. The summed E-state index contributed by atoms with van der Waals surface area (Å²) in [6.07, 6.45) is 10.8. The molecule has 2 heteroatoms. The summed E-state index contributed by atoms with van der Waals surface area (Å²) in [5.74, 6) is 2.68. The maximum atomic E-state index is 6.51. The van der Waals surface area contributed by atoms with Gasteiger partial charge in [0, 0.05) is 5.92 Å². The lowest BCUT2D eigenvalue weighted by Gasteiger charge is -2.40. The van der Waals surface area contributed by atoms with E-state index in [4.69, 9.17) is 4.43 Å². The van der Waals surface area contributed by atoms with Gasteiger partial charge in [0.05, 0.1) is 5.76 Å². The normalized spacial score (nSPS) is 28.9. The quantitative estimate of drug-likeness (QED) is 0.501. The third-order valence-electron chi connectivity index (χ3n) is 4.68. The van der Waals surface area contributed by atoms with Crippen molar-refractivity contribution in [1.82, 2.24) is 0 Å². The molecule has 1 nitrogen and oxygen atoms in total. The Bertz CT molecular complexity index is 346. The molecule has 0 bridgehead atoms. The number of allylic oxidation sites excluding steroid dienone is 3. The molecule has 0 aliphatic heterocycles. The molecule has 0 unspecified atom stereocenters. The van der Waals surface area contributed by atoms with Gasteiger partial charge >= 0.3 is 0 Å². The van der Waals surface area contributed by atoms with Crippen molar-refractivity contribution in [3.63, 3.8) is 0 Å². The van der Waals surface area contributed by atoms with Gasteiger partial charge in [-0.25, -0.2) is 0 Å². The highest BCUT2D eigenvalue weighted by Crippen LogP contribution is 2.44. The second-order valence-corrected chi connectivity index (χ2v) is 11.7. The average Bonchev–Trinajstić information content (AvgIpc) is 2.64. The average molecular weight is 250 g/mol. The van der Waals surface area contributed by atoms with E-state index in [1.165, 1.54) is 25.0 Å². The predicted molar refractivity (Wildman–Crippen MR) is 76.3 cm³/mol. The first-order chi connectivity index (χ1) is 7.81. The van der Waals surface area contributed by atoms with Gasteiger partial charge in [-0.3, -0.25) is 0 Å². The Morgan fingerprint density at radius 3 is 2.65 bits per heavy atom. The molecular weight excluding hydrogens is 224 g/mol. The van der Waals surface area contributed by atoms with Crippen LogP contribution in [0.2, 0.25) is 18.1 Å². The topological polar surface area (TPSA) is 9.23 Å². The first-order valence-corrected chi connectivity index (χ1v) is 9.78. The lowest BCUT2D eigenvalue weighted by molar-refractivity contribution is 0.277. The number of fused-ring (bicyclic) bond motifs is 1. The largest absolute Gasteiger partial charge is 0.546 e. The summed E-state index contributed by atoms with van der Waals surface area (Å²) in [5, 5.41) is 0.295. The van der Waals surface area contributed by atoms with Crippen LogP contribution in [0.15, 0.2) is 24.0 Å². The van der Waals surface area contributed by atoms with Crippen molar-refractivity contribution >= 4 is 8.32 Å². The molecule has 0 amide bonds. The molecule has 2 aliphatic carbocycles. The first kappa shape index (κ1) is 12.9. The minimum Gasteiger partial charge on any atom is -0.546 e. The smallest absolute Gasteiger partial charge is 0.250 e. The Kier molecular flexibility index (Phi) is 3.28. The van der Waals surface area contributed by atoms with Crippen molar-refractivity contribution in [1.29, 1.82) is 0 Å².